The summed E-state index contributed by atoms with van der Waals surface area (Å²) >= 11 is 1.52. The van der Waals surface area contributed by atoms with Crippen LogP contribution in [-0.2, 0) is 0 Å². The zero-order valence-corrected chi connectivity index (χ0v) is 9.30. The SMILES string of the molecule is CSCC(=O)c1ccc2c(c1)OCCO2. The molecule has 2 rings (SSSR count). The van der Waals surface area contributed by atoms with Crippen LogP contribution in [0, 0.1) is 0 Å². The highest BCUT2D eigenvalue weighted by Gasteiger charge is 2.14. The molecular weight excluding hydrogens is 212 g/mol. The number of benzene rings is 1. The van der Waals surface area contributed by atoms with Gasteiger partial charge in [0.05, 0.1) is 5.75 Å². The van der Waals surface area contributed by atoms with E-state index in [1.165, 1.54) is 11.8 Å². The Balaban J connectivity index is 2.24. The van der Waals surface area contributed by atoms with Gasteiger partial charge in [-0.1, -0.05) is 0 Å². The normalized spacial score (nSPS) is 13.7. The summed E-state index contributed by atoms with van der Waals surface area (Å²) in [6, 6.07) is 5.33. The summed E-state index contributed by atoms with van der Waals surface area (Å²) in [4.78, 5) is 11.6. The fraction of sp³-hybridized carbons (Fsp3) is 0.364. The molecule has 15 heavy (non-hydrogen) atoms. The Morgan fingerprint density at radius 3 is 2.80 bits per heavy atom. The standard InChI is InChI=1S/C11H12O3S/c1-15-7-9(12)8-2-3-10-11(6-8)14-5-4-13-10/h2-3,6H,4-5,7H2,1H3. The van der Waals surface area contributed by atoms with E-state index >= 15 is 0 Å². The first kappa shape index (κ1) is 10.4. The average Bonchev–Trinajstić information content (AvgIpc) is 2.29. The number of rotatable bonds is 3. The van der Waals surface area contributed by atoms with Crippen LogP contribution in [-0.4, -0.2) is 31.0 Å². The highest BCUT2D eigenvalue weighted by atomic mass is 32.2. The van der Waals surface area contributed by atoms with Crippen molar-refractivity contribution >= 4 is 17.5 Å². The van der Waals surface area contributed by atoms with Crippen LogP contribution in [0.5, 0.6) is 11.5 Å². The molecule has 4 heteroatoms. The van der Waals surface area contributed by atoms with E-state index in [0.29, 0.717) is 30.3 Å². The molecule has 0 saturated heterocycles. The van der Waals surface area contributed by atoms with Crippen molar-refractivity contribution in [2.75, 3.05) is 25.2 Å². The van der Waals surface area contributed by atoms with E-state index in [9.17, 15) is 4.79 Å². The molecule has 0 radical (unpaired) electrons. The molecule has 0 spiro atoms. The third-order valence-electron chi connectivity index (χ3n) is 2.14. The fourth-order valence-corrected chi connectivity index (χ4v) is 1.86. The van der Waals surface area contributed by atoms with Gasteiger partial charge in [-0.3, -0.25) is 4.79 Å². The molecule has 0 aliphatic carbocycles. The van der Waals surface area contributed by atoms with Crippen molar-refractivity contribution in [2.45, 2.75) is 0 Å². The van der Waals surface area contributed by atoms with Crippen LogP contribution in [0.25, 0.3) is 0 Å². The Labute approximate surface area is 92.8 Å². The summed E-state index contributed by atoms with van der Waals surface area (Å²) in [5.41, 5.74) is 0.689. The first-order valence-corrected chi connectivity index (χ1v) is 6.12. The molecule has 80 valence electrons. The molecule has 0 N–H and O–H groups in total. The van der Waals surface area contributed by atoms with Gasteiger partial charge >= 0.3 is 0 Å². The Morgan fingerprint density at radius 1 is 1.33 bits per heavy atom. The maximum atomic E-state index is 11.6. The molecule has 0 atom stereocenters. The second kappa shape index (κ2) is 4.57. The Bertz CT molecular complexity index is 376. The molecule has 1 aliphatic rings. The number of carbonyl (C=O) groups is 1. The number of Topliss-reactive ketones (excluding diaryl/α,β-unsaturated/α-hetero) is 1. The highest BCUT2D eigenvalue weighted by molar-refractivity contribution is 7.99. The van der Waals surface area contributed by atoms with E-state index in [1.54, 1.807) is 18.2 Å². The van der Waals surface area contributed by atoms with Crippen LogP contribution < -0.4 is 9.47 Å². The first-order chi connectivity index (χ1) is 7.31. The molecule has 3 nitrogen and oxygen atoms in total. The van der Waals surface area contributed by atoms with Crippen molar-refractivity contribution in [1.29, 1.82) is 0 Å². The van der Waals surface area contributed by atoms with Gasteiger partial charge in [-0.2, -0.15) is 11.8 Å². The van der Waals surface area contributed by atoms with Crippen molar-refractivity contribution in [3.8, 4) is 11.5 Å². The molecule has 1 heterocycles. The average molecular weight is 224 g/mol. The molecule has 1 aromatic rings. The number of hydrogen-bond donors (Lipinski definition) is 0. The van der Waals surface area contributed by atoms with Crippen LogP contribution in [0.3, 0.4) is 0 Å². The highest BCUT2D eigenvalue weighted by Crippen LogP contribution is 2.30. The van der Waals surface area contributed by atoms with Gasteiger partial charge in [0.15, 0.2) is 17.3 Å². The van der Waals surface area contributed by atoms with Gasteiger partial charge in [-0.05, 0) is 24.5 Å². The van der Waals surface area contributed by atoms with Crippen LogP contribution in [0.1, 0.15) is 10.4 Å². The monoisotopic (exact) mass is 224 g/mol. The summed E-state index contributed by atoms with van der Waals surface area (Å²) in [6.07, 6.45) is 1.91. The number of hydrogen-bond acceptors (Lipinski definition) is 4. The predicted octanol–water partition coefficient (Wildman–Crippen LogP) is 2.00. The summed E-state index contributed by atoms with van der Waals surface area (Å²) in [7, 11) is 0. The fourth-order valence-electron chi connectivity index (χ4n) is 1.43. The lowest BCUT2D eigenvalue weighted by Crippen LogP contribution is -2.16. The third-order valence-corrected chi connectivity index (χ3v) is 2.69. The largest absolute Gasteiger partial charge is 0.486 e. The minimum Gasteiger partial charge on any atom is -0.486 e. The topological polar surface area (TPSA) is 35.5 Å². The van der Waals surface area contributed by atoms with Gasteiger partial charge in [-0.15, -0.1) is 0 Å². The number of fused-ring (bicyclic) bond motifs is 1. The number of ether oxygens (including phenoxy) is 2. The van der Waals surface area contributed by atoms with Crippen molar-refractivity contribution in [1.82, 2.24) is 0 Å². The van der Waals surface area contributed by atoms with Gasteiger partial charge in [0.25, 0.3) is 0 Å². The smallest absolute Gasteiger partial charge is 0.172 e. The maximum Gasteiger partial charge on any atom is 0.172 e. The molecule has 1 aliphatic heterocycles. The van der Waals surface area contributed by atoms with Gasteiger partial charge < -0.3 is 9.47 Å². The van der Waals surface area contributed by atoms with E-state index in [-0.39, 0.29) is 5.78 Å². The maximum absolute atomic E-state index is 11.6. The predicted molar refractivity (Wildman–Crippen MR) is 60.1 cm³/mol. The number of thioether (sulfide) groups is 1. The zero-order chi connectivity index (χ0) is 10.7. The van der Waals surface area contributed by atoms with Gasteiger partial charge in [0.2, 0.25) is 0 Å². The lowest BCUT2D eigenvalue weighted by Gasteiger charge is -2.18. The van der Waals surface area contributed by atoms with Crippen LogP contribution in [0.15, 0.2) is 18.2 Å². The summed E-state index contributed by atoms with van der Waals surface area (Å²) < 4.78 is 10.8. The number of ketones is 1. The quantitative estimate of drug-likeness (QED) is 0.736. The molecule has 0 amide bonds. The van der Waals surface area contributed by atoms with Gasteiger partial charge in [-0.25, -0.2) is 0 Å². The van der Waals surface area contributed by atoms with Crippen molar-refractivity contribution in [3.63, 3.8) is 0 Å². The molecule has 0 fully saturated rings. The summed E-state index contributed by atoms with van der Waals surface area (Å²) in [6.45, 7) is 1.12. The molecule has 0 saturated carbocycles. The van der Waals surface area contributed by atoms with Crippen molar-refractivity contribution in [2.24, 2.45) is 0 Å². The Morgan fingerprint density at radius 2 is 2.07 bits per heavy atom. The molecule has 0 unspecified atom stereocenters. The van der Waals surface area contributed by atoms with Crippen LogP contribution in [0.4, 0.5) is 0 Å². The second-order valence-electron chi connectivity index (χ2n) is 3.21. The molecular formula is C11H12O3S. The van der Waals surface area contributed by atoms with Crippen LogP contribution >= 0.6 is 11.8 Å². The minimum absolute atomic E-state index is 0.125. The lowest BCUT2D eigenvalue weighted by molar-refractivity contribution is 0.102. The zero-order valence-electron chi connectivity index (χ0n) is 8.49. The van der Waals surface area contributed by atoms with E-state index < -0.39 is 0 Å². The van der Waals surface area contributed by atoms with E-state index in [4.69, 9.17) is 9.47 Å². The van der Waals surface area contributed by atoms with Gasteiger partial charge in [0, 0.05) is 5.56 Å². The van der Waals surface area contributed by atoms with Crippen LogP contribution in [0.2, 0.25) is 0 Å². The third kappa shape index (κ3) is 2.26. The Hall–Kier alpha value is -1.16. The summed E-state index contributed by atoms with van der Waals surface area (Å²) in [5.74, 6) is 2.02. The van der Waals surface area contributed by atoms with E-state index in [2.05, 4.69) is 0 Å². The van der Waals surface area contributed by atoms with E-state index in [0.717, 1.165) is 5.75 Å². The number of carbonyl (C=O) groups excluding carboxylic acids is 1. The summed E-state index contributed by atoms with van der Waals surface area (Å²) in [5, 5.41) is 0. The first-order valence-electron chi connectivity index (χ1n) is 4.73. The Kier molecular flexibility index (Phi) is 3.16. The lowest BCUT2D eigenvalue weighted by atomic mass is 10.1. The minimum atomic E-state index is 0.125. The van der Waals surface area contributed by atoms with Crippen molar-refractivity contribution in [3.05, 3.63) is 23.8 Å². The van der Waals surface area contributed by atoms with Crippen molar-refractivity contribution < 1.29 is 14.3 Å². The molecule has 0 bridgehead atoms. The molecule has 1 aromatic carbocycles. The van der Waals surface area contributed by atoms with E-state index in [1.807, 2.05) is 6.26 Å². The van der Waals surface area contributed by atoms with Gasteiger partial charge in [0.1, 0.15) is 13.2 Å². The molecule has 0 aromatic heterocycles. The second-order valence-corrected chi connectivity index (χ2v) is 4.08.